The zero-order chi connectivity index (χ0) is 20.7. The summed E-state index contributed by atoms with van der Waals surface area (Å²) in [7, 11) is 0. The van der Waals surface area contributed by atoms with E-state index >= 15 is 0 Å². The van der Waals surface area contributed by atoms with Gasteiger partial charge in [0.2, 0.25) is 5.78 Å². The van der Waals surface area contributed by atoms with Crippen molar-refractivity contribution in [2.45, 2.75) is 39.4 Å². The molecule has 0 aliphatic carbocycles. The standard InChI is InChI=1S/C21H22N4O2S2/c1-12(2)9-24-18(27)17-16(15-7-5-13(3)6-8-15)11-28-19(17)25-20(24)22-23-21(25)29-10-14(4)26/h5-8,11-12H,9-10H2,1-4H3. The fourth-order valence-electron chi connectivity index (χ4n) is 3.29. The van der Waals surface area contributed by atoms with Crippen LogP contribution in [0.2, 0.25) is 0 Å². The van der Waals surface area contributed by atoms with Crippen LogP contribution in [-0.4, -0.2) is 30.7 Å². The van der Waals surface area contributed by atoms with Crippen molar-refractivity contribution in [2.75, 3.05) is 5.75 Å². The number of carbonyl (C=O) groups excluding carboxylic acids is 1. The Morgan fingerprint density at radius 1 is 1.21 bits per heavy atom. The number of aromatic nitrogens is 4. The van der Waals surface area contributed by atoms with Crippen LogP contribution in [0.3, 0.4) is 0 Å². The molecule has 0 atom stereocenters. The summed E-state index contributed by atoms with van der Waals surface area (Å²) in [4.78, 5) is 25.8. The molecule has 0 amide bonds. The molecule has 0 bridgehead atoms. The number of benzene rings is 1. The number of fused-ring (bicyclic) bond motifs is 3. The van der Waals surface area contributed by atoms with Gasteiger partial charge in [-0.2, -0.15) is 0 Å². The highest BCUT2D eigenvalue weighted by Crippen LogP contribution is 2.34. The Bertz CT molecular complexity index is 1270. The second-order valence-corrected chi connectivity index (χ2v) is 9.41. The van der Waals surface area contributed by atoms with Gasteiger partial charge in [-0.25, -0.2) is 4.40 Å². The summed E-state index contributed by atoms with van der Waals surface area (Å²) < 4.78 is 3.64. The first-order valence-electron chi connectivity index (χ1n) is 9.45. The van der Waals surface area contributed by atoms with E-state index in [1.807, 2.05) is 28.8 Å². The van der Waals surface area contributed by atoms with Gasteiger partial charge in [0.05, 0.1) is 11.1 Å². The molecule has 3 aromatic heterocycles. The SMILES string of the molecule is CC(=O)CSc1nnc2n(CC(C)C)c(=O)c3c(-c4ccc(C)cc4)csc3n12. The summed E-state index contributed by atoms with van der Waals surface area (Å²) in [6.07, 6.45) is 0. The molecule has 0 unspecified atom stereocenters. The number of Topliss-reactive ketones (excluding diaryl/α,β-unsaturated/α-hetero) is 1. The van der Waals surface area contributed by atoms with E-state index in [-0.39, 0.29) is 17.3 Å². The molecule has 150 valence electrons. The maximum absolute atomic E-state index is 13.5. The number of ketones is 1. The van der Waals surface area contributed by atoms with Crippen molar-refractivity contribution in [2.24, 2.45) is 5.92 Å². The second-order valence-electron chi connectivity index (χ2n) is 7.61. The van der Waals surface area contributed by atoms with Crippen LogP contribution >= 0.6 is 23.1 Å². The molecule has 0 N–H and O–H groups in total. The lowest BCUT2D eigenvalue weighted by atomic mass is 10.0. The van der Waals surface area contributed by atoms with Crippen LogP contribution in [0.5, 0.6) is 0 Å². The van der Waals surface area contributed by atoms with Crippen LogP contribution in [0.4, 0.5) is 0 Å². The molecule has 1 aromatic carbocycles. The van der Waals surface area contributed by atoms with Gasteiger partial charge in [-0.3, -0.25) is 14.2 Å². The third kappa shape index (κ3) is 3.62. The molecule has 6 nitrogen and oxygen atoms in total. The van der Waals surface area contributed by atoms with E-state index in [1.54, 1.807) is 11.5 Å². The van der Waals surface area contributed by atoms with E-state index in [4.69, 9.17) is 0 Å². The van der Waals surface area contributed by atoms with Crippen LogP contribution in [0.15, 0.2) is 39.6 Å². The van der Waals surface area contributed by atoms with Crippen molar-refractivity contribution in [1.82, 2.24) is 19.2 Å². The van der Waals surface area contributed by atoms with E-state index in [2.05, 4.69) is 36.2 Å². The molecule has 0 saturated carbocycles. The van der Waals surface area contributed by atoms with Crippen molar-refractivity contribution < 1.29 is 4.79 Å². The van der Waals surface area contributed by atoms with Crippen molar-refractivity contribution in [3.8, 4) is 11.1 Å². The topological polar surface area (TPSA) is 69.3 Å². The summed E-state index contributed by atoms with van der Waals surface area (Å²) in [6, 6.07) is 8.20. The number of carbonyl (C=O) groups is 1. The van der Waals surface area contributed by atoms with Crippen molar-refractivity contribution in [3.05, 3.63) is 45.6 Å². The fourth-order valence-corrected chi connectivity index (χ4v) is 5.16. The zero-order valence-corrected chi connectivity index (χ0v) is 18.4. The molecule has 0 aliphatic heterocycles. The fraction of sp³-hybridized carbons (Fsp3) is 0.333. The Labute approximate surface area is 176 Å². The normalized spacial score (nSPS) is 11.8. The Balaban J connectivity index is 2.03. The summed E-state index contributed by atoms with van der Waals surface area (Å²) in [5.41, 5.74) is 3.06. The highest BCUT2D eigenvalue weighted by atomic mass is 32.2. The van der Waals surface area contributed by atoms with E-state index in [1.165, 1.54) is 28.7 Å². The molecule has 29 heavy (non-hydrogen) atoms. The molecule has 0 saturated heterocycles. The molecular weight excluding hydrogens is 404 g/mol. The van der Waals surface area contributed by atoms with Gasteiger partial charge >= 0.3 is 0 Å². The van der Waals surface area contributed by atoms with Gasteiger partial charge in [0, 0.05) is 17.5 Å². The molecule has 4 rings (SSSR count). The summed E-state index contributed by atoms with van der Waals surface area (Å²) >= 11 is 2.86. The van der Waals surface area contributed by atoms with Crippen LogP contribution in [0, 0.1) is 12.8 Å². The number of hydrogen-bond donors (Lipinski definition) is 0. The molecule has 3 heterocycles. The van der Waals surface area contributed by atoms with Crippen LogP contribution in [0.1, 0.15) is 26.3 Å². The number of aryl methyl sites for hydroxylation is 1. The van der Waals surface area contributed by atoms with Gasteiger partial charge in [0.1, 0.15) is 10.6 Å². The maximum Gasteiger partial charge on any atom is 0.264 e. The maximum atomic E-state index is 13.5. The van der Waals surface area contributed by atoms with Gasteiger partial charge in [-0.1, -0.05) is 55.4 Å². The highest BCUT2D eigenvalue weighted by Gasteiger charge is 2.21. The lowest BCUT2D eigenvalue weighted by molar-refractivity contribution is -0.114. The van der Waals surface area contributed by atoms with E-state index in [0.717, 1.165) is 16.0 Å². The van der Waals surface area contributed by atoms with Gasteiger partial charge in [0.15, 0.2) is 5.16 Å². The first-order valence-corrected chi connectivity index (χ1v) is 11.3. The van der Waals surface area contributed by atoms with Gasteiger partial charge < -0.3 is 0 Å². The minimum absolute atomic E-state index is 0.0476. The largest absolute Gasteiger partial charge is 0.299 e. The molecule has 0 radical (unpaired) electrons. The molecule has 0 fully saturated rings. The molecule has 8 heteroatoms. The quantitative estimate of drug-likeness (QED) is 0.427. The van der Waals surface area contributed by atoms with Crippen LogP contribution in [0.25, 0.3) is 27.1 Å². The van der Waals surface area contributed by atoms with Crippen LogP contribution in [-0.2, 0) is 11.3 Å². The summed E-state index contributed by atoms with van der Waals surface area (Å²) in [5, 5.41) is 11.9. The lowest BCUT2D eigenvalue weighted by Crippen LogP contribution is -2.25. The first kappa shape index (κ1) is 19.8. The van der Waals surface area contributed by atoms with E-state index < -0.39 is 0 Å². The molecule has 0 spiro atoms. The number of thioether (sulfide) groups is 1. The van der Waals surface area contributed by atoms with Gasteiger partial charge in [-0.15, -0.1) is 21.5 Å². The molecular formula is C21H22N4O2S2. The van der Waals surface area contributed by atoms with E-state index in [0.29, 0.717) is 28.6 Å². The van der Waals surface area contributed by atoms with Gasteiger partial charge in [0.25, 0.3) is 5.56 Å². The third-order valence-corrected chi connectivity index (χ3v) is 6.64. The number of rotatable bonds is 6. The monoisotopic (exact) mass is 426 g/mol. The van der Waals surface area contributed by atoms with E-state index in [9.17, 15) is 9.59 Å². The highest BCUT2D eigenvalue weighted by molar-refractivity contribution is 7.99. The Morgan fingerprint density at radius 3 is 2.59 bits per heavy atom. The third-order valence-electron chi connectivity index (χ3n) is 4.61. The second kappa shape index (κ2) is 7.76. The Hall–Kier alpha value is -2.45. The van der Waals surface area contributed by atoms with Gasteiger partial charge in [-0.05, 0) is 25.3 Å². The Morgan fingerprint density at radius 2 is 1.93 bits per heavy atom. The van der Waals surface area contributed by atoms with Crippen molar-refractivity contribution in [3.63, 3.8) is 0 Å². The molecule has 4 aromatic rings. The van der Waals surface area contributed by atoms with Crippen LogP contribution < -0.4 is 5.56 Å². The van der Waals surface area contributed by atoms with Crippen molar-refractivity contribution in [1.29, 1.82) is 0 Å². The predicted molar refractivity (Wildman–Crippen MR) is 119 cm³/mol. The minimum Gasteiger partial charge on any atom is -0.299 e. The number of hydrogen-bond acceptors (Lipinski definition) is 6. The lowest BCUT2D eigenvalue weighted by Gasteiger charge is -2.12. The zero-order valence-electron chi connectivity index (χ0n) is 16.8. The first-order chi connectivity index (χ1) is 13.9. The predicted octanol–water partition coefficient (Wildman–Crippen LogP) is 4.42. The smallest absolute Gasteiger partial charge is 0.264 e. The summed E-state index contributed by atoms with van der Waals surface area (Å²) in [6.45, 7) is 8.30. The number of nitrogens with zero attached hydrogens (tertiary/aromatic N) is 4. The van der Waals surface area contributed by atoms with Crippen molar-refractivity contribution >= 4 is 44.9 Å². The Kier molecular flexibility index (Phi) is 5.31. The average Bonchev–Trinajstić information content (AvgIpc) is 3.28. The molecule has 0 aliphatic rings. The average molecular weight is 427 g/mol. The summed E-state index contributed by atoms with van der Waals surface area (Å²) in [5.74, 6) is 1.20. The minimum atomic E-state index is -0.0476. The number of thiophene rings is 1.